The van der Waals surface area contributed by atoms with Crippen molar-refractivity contribution >= 4 is 28.9 Å². The molecule has 0 radical (unpaired) electrons. The van der Waals surface area contributed by atoms with E-state index < -0.39 is 18.0 Å². The van der Waals surface area contributed by atoms with Crippen molar-refractivity contribution in [3.8, 4) is 10.7 Å². The summed E-state index contributed by atoms with van der Waals surface area (Å²) in [5.74, 6) is -0.576. The number of nitrogens with zero attached hydrogens (tertiary/aromatic N) is 4. The second-order valence-corrected chi connectivity index (χ2v) is 7.01. The molecule has 0 spiro atoms. The van der Waals surface area contributed by atoms with Gasteiger partial charge >= 0.3 is 5.97 Å². The molecule has 9 heteroatoms. The van der Waals surface area contributed by atoms with Gasteiger partial charge in [-0.1, -0.05) is 23.8 Å². The van der Waals surface area contributed by atoms with E-state index in [0.29, 0.717) is 11.5 Å². The van der Waals surface area contributed by atoms with Crippen LogP contribution >= 0.6 is 11.3 Å². The number of hydrogen-bond donors (Lipinski definition) is 1. The molecule has 2 heterocycles. The van der Waals surface area contributed by atoms with Crippen molar-refractivity contribution in [3.63, 3.8) is 0 Å². The van der Waals surface area contributed by atoms with Crippen LogP contribution in [0.25, 0.3) is 10.7 Å². The van der Waals surface area contributed by atoms with Crippen LogP contribution in [-0.4, -0.2) is 38.2 Å². The van der Waals surface area contributed by atoms with Gasteiger partial charge in [0.2, 0.25) is 5.82 Å². The standard InChI is InChI=1S/C18H19N5O3S/c1-11-6-7-14(12(2)9-11)19-18(25)13(3)26-16(24)10-23-21-17(20-22-23)15-5-4-8-27-15/h4-9,13H,10H2,1-3H3,(H,19,25)/t13-/m1/s1. The molecule has 3 aromatic rings. The number of ether oxygens (including phenoxy) is 1. The Balaban J connectivity index is 1.54. The topological polar surface area (TPSA) is 99.0 Å². The molecule has 0 bridgehead atoms. The summed E-state index contributed by atoms with van der Waals surface area (Å²) >= 11 is 1.48. The maximum Gasteiger partial charge on any atom is 0.330 e. The summed E-state index contributed by atoms with van der Waals surface area (Å²) in [4.78, 5) is 26.3. The Bertz CT molecular complexity index is 952. The van der Waals surface area contributed by atoms with Gasteiger partial charge in [0.15, 0.2) is 12.6 Å². The predicted octanol–water partition coefficient (Wildman–Crippen LogP) is 2.59. The van der Waals surface area contributed by atoms with Crippen LogP contribution in [-0.2, 0) is 20.9 Å². The predicted molar refractivity (Wildman–Crippen MR) is 101 cm³/mol. The van der Waals surface area contributed by atoms with Crippen LogP contribution in [0, 0.1) is 13.8 Å². The van der Waals surface area contributed by atoms with Crippen molar-refractivity contribution in [2.45, 2.75) is 33.4 Å². The van der Waals surface area contributed by atoms with E-state index in [1.54, 1.807) is 0 Å². The summed E-state index contributed by atoms with van der Waals surface area (Å²) < 4.78 is 5.17. The van der Waals surface area contributed by atoms with Crippen molar-refractivity contribution < 1.29 is 14.3 Å². The van der Waals surface area contributed by atoms with Gasteiger partial charge in [0, 0.05) is 5.69 Å². The van der Waals surface area contributed by atoms with E-state index >= 15 is 0 Å². The highest BCUT2D eigenvalue weighted by Gasteiger charge is 2.20. The molecule has 8 nitrogen and oxygen atoms in total. The molecule has 1 aromatic carbocycles. The fourth-order valence-electron chi connectivity index (χ4n) is 2.41. The maximum absolute atomic E-state index is 12.3. The fourth-order valence-corrected chi connectivity index (χ4v) is 3.05. The Morgan fingerprint density at radius 1 is 1.30 bits per heavy atom. The van der Waals surface area contributed by atoms with Gasteiger partial charge in [-0.2, -0.15) is 4.80 Å². The van der Waals surface area contributed by atoms with E-state index in [4.69, 9.17) is 4.74 Å². The Morgan fingerprint density at radius 3 is 2.81 bits per heavy atom. The second-order valence-electron chi connectivity index (χ2n) is 6.06. The highest BCUT2D eigenvalue weighted by atomic mass is 32.1. The molecule has 0 aliphatic rings. The van der Waals surface area contributed by atoms with E-state index in [1.807, 2.05) is 49.6 Å². The Labute approximate surface area is 160 Å². The van der Waals surface area contributed by atoms with Crippen LogP contribution in [0.1, 0.15) is 18.1 Å². The van der Waals surface area contributed by atoms with Crippen molar-refractivity contribution in [3.05, 3.63) is 46.8 Å². The van der Waals surface area contributed by atoms with Crippen LogP contribution in [0.5, 0.6) is 0 Å². The molecule has 1 atom stereocenters. The number of carbonyl (C=O) groups is 2. The third kappa shape index (κ3) is 4.76. The minimum absolute atomic E-state index is 0.223. The first-order valence-electron chi connectivity index (χ1n) is 8.31. The number of aryl methyl sites for hydroxylation is 2. The van der Waals surface area contributed by atoms with E-state index in [9.17, 15) is 9.59 Å². The highest BCUT2D eigenvalue weighted by molar-refractivity contribution is 7.13. The molecule has 0 fully saturated rings. The van der Waals surface area contributed by atoms with Crippen LogP contribution in [0.4, 0.5) is 5.69 Å². The third-order valence-corrected chi connectivity index (χ3v) is 4.65. The number of rotatable bonds is 6. The van der Waals surface area contributed by atoms with Crippen molar-refractivity contribution in [2.75, 3.05) is 5.32 Å². The summed E-state index contributed by atoms with van der Waals surface area (Å²) in [7, 11) is 0. The lowest BCUT2D eigenvalue weighted by Crippen LogP contribution is -2.31. The zero-order chi connectivity index (χ0) is 19.4. The number of nitrogens with one attached hydrogen (secondary N) is 1. The molecule has 0 saturated carbocycles. The number of thiophene rings is 1. The van der Waals surface area contributed by atoms with Crippen LogP contribution < -0.4 is 5.32 Å². The van der Waals surface area contributed by atoms with Gasteiger partial charge in [-0.25, -0.2) is 4.79 Å². The number of benzene rings is 1. The van der Waals surface area contributed by atoms with Crippen molar-refractivity contribution in [1.29, 1.82) is 0 Å². The zero-order valence-corrected chi connectivity index (χ0v) is 16.0. The average molecular weight is 385 g/mol. The lowest BCUT2D eigenvalue weighted by atomic mass is 10.1. The number of hydrogen-bond acceptors (Lipinski definition) is 7. The summed E-state index contributed by atoms with van der Waals surface area (Å²) in [6.45, 7) is 5.17. The number of carbonyl (C=O) groups excluding carboxylic acids is 2. The lowest BCUT2D eigenvalue weighted by molar-refractivity contribution is -0.154. The van der Waals surface area contributed by atoms with Gasteiger partial charge in [0.25, 0.3) is 5.91 Å². The lowest BCUT2D eigenvalue weighted by Gasteiger charge is -2.14. The largest absolute Gasteiger partial charge is 0.451 e. The van der Waals surface area contributed by atoms with E-state index in [2.05, 4.69) is 20.7 Å². The normalized spacial score (nSPS) is 11.8. The first kappa shape index (κ1) is 18.7. The minimum atomic E-state index is -0.946. The Kier molecular flexibility index (Phi) is 5.60. The van der Waals surface area contributed by atoms with Gasteiger partial charge in [-0.05, 0) is 49.1 Å². The quantitative estimate of drug-likeness (QED) is 0.655. The molecule has 140 valence electrons. The number of anilines is 1. The van der Waals surface area contributed by atoms with Crippen LogP contribution in [0.15, 0.2) is 35.7 Å². The summed E-state index contributed by atoms with van der Waals surface area (Å²) in [6.07, 6.45) is -0.946. The van der Waals surface area contributed by atoms with E-state index in [1.165, 1.54) is 18.3 Å². The van der Waals surface area contributed by atoms with Gasteiger partial charge in [-0.15, -0.1) is 21.5 Å². The minimum Gasteiger partial charge on any atom is -0.451 e. The van der Waals surface area contributed by atoms with Crippen molar-refractivity contribution in [2.24, 2.45) is 0 Å². The molecule has 2 aromatic heterocycles. The summed E-state index contributed by atoms with van der Waals surface area (Å²) in [5.41, 5.74) is 2.73. The van der Waals surface area contributed by atoms with Crippen LogP contribution in [0.3, 0.4) is 0 Å². The van der Waals surface area contributed by atoms with Crippen molar-refractivity contribution in [1.82, 2.24) is 20.2 Å². The Morgan fingerprint density at radius 2 is 2.11 bits per heavy atom. The monoisotopic (exact) mass is 385 g/mol. The molecule has 3 rings (SSSR count). The van der Waals surface area contributed by atoms with Gasteiger partial charge in [0.1, 0.15) is 0 Å². The molecule has 0 aliphatic heterocycles. The molecule has 0 unspecified atom stereocenters. The first-order chi connectivity index (χ1) is 12.9. The molecule has 1 amide bonds. The highest BCUT2D eigenvalue weighted by Crippen LogP contribution is 2.19. The van der Waals surface area contributed by atoms with Crippen LogP contribution in [0.2, 0.25) is 0 Å². The fraction of sp³-hybridized carbons (Fsp3) is 0.278. The average Bonchev–Trinajstić information content (AvgIpc) is 3.28. The number of tetrazole rings is 1. The molecule has 27 heavy (non-hydrogen) atoms. The molecule has 1 N–H and O–H groups in total. The zero-order valence-electron chi connectivity index (χ0n) is 15.2. The first-order valence-corrected chi connectivity index (χ1v) is 9.19. The second kappa shape index (κ2) is 8.09. The number of aromatic nitrogens is 4. The number of amides is 1. The molecular weight excluding hydrogens is 366 g/mol. The Hall–Kier alpha value is -3.07. The van der Waals surface area contributed by atoms with Gasteiger partial charge in [-0.3, -0.25) is 4.79 Å². The molecule has 0 aliphatic carbocycles. The van der Waals surface area contributed by atoms with E-state index in [0.717, 1.165) is 20.8 Å². The SMILES string of the molecule is Cc1ccc(NC(=O)[C@@H](C)OC(=O)Cn2nnc(-c3cccs3)n2)c(C)c1. The molecule has 0 saturated heterocycles. The summed E-state index contributed by atoms with van der Waals surface area (Å²) in [5, 5.41) is 16.5. The smallest absolute Gasteiger partial charge is 0.330 e. The van der Waals surface area contributed by atoms with Gasteiger partial charge < -0.3 is 10.1 Å². The number of esters is 1. The van der Waals surface area contributed by atoms with E-state index in [-0.39, 0.29) is 6.54 Å². The molecular formula is C18H19N5O3S. The van der Waals surface area contributed by atoms with Gasteiger partial charge in [0.05, 0.1) is 4.88 Å². The third-order valence-electron chi connectivity index (χ3n) is 3.78. The maximum atomic E-state index is 12.3. The summed E-state index contributed by atoms with van der Waals surface area (Å²) in [6, 6.07) is 9.44.